The summed E-state index contributed by atoms with van der Waals surface area (Å²) in [5.74, 6) is 0.642. The predicted octanol–water partition coefficient (Wildman–Crippen LogP) is 3.48. The Kier molecular flexibility index (Phi) is 9.53. The van der Waals surface area contributed by atoms with Gasteiger partial charge in [0.2, 0.25) is 12.0 Å². The fourth-order valence-corrected chi connectivity index (χ4v) is 6.27. The average molecular weight is 563 g/mol. The molecule has 0 unspecified atom stereocenters. The third-order valence-electron chi connectivity index (χ3n) is 8.50. The third-order valence-corrected chi connectivity index (χ3v) is 8.50. The van der Waals surface area contributed by atoms with Gasteiger partial charge in [-0.15, -0.1) is 0 Å². The Labute approximate surface area is 234 Å². The predicted molar refractivity (Wildman–Crippen MR) is 144 cm³/mol. The van der Waals surface area contributed by atoms with Crippen LogP contribution in [0.3, 0.4) is 0 Å². The highest BCUT2D eigenvalue weighted by atomic mass is 16.7. The zero-order valence-corrected chi connectivity index (χ0v) is 23.1. The third kappa shape index (κ3) is 6.11. The number of rotatable bonds is 10. The van der Waals surface area contributed by atoms with Crippen LogP contribution in [-0.2, 0) is 20.7 Å². The summed E-state index contributed by atoms with van der Waals surface area (Å²) in [6.45, 7) is 1.46. The van der Waals surface area contributed by atoms with E-state index in [0.29, 0.717) is 22.8 Å². The molecule has 222 valence electrons. The van der Waals surface area contributed by atoms with Crippen LogP contribution < -0.4 is 9.47 Å². The maximum atomic E-state index is 12.4. The van der Waals surface area contributed by atoms with Gasteiger partial charge in [-0.1, -0.05) is 19.3 Å². The van der Waals surface area contributed by atoms with Crippen LogP contribution in [0.4, 0.5) is 0 Å². The summed E-state index contributed by atoms with van der Waals surface area (Å²) in [7, 11) is 0. The van der Waals surface area contributed by atoms with E-state index < -0.39 is 37.3 Å². The van der Waals surface area contributed by atoms with Gasteiger partial charge in [-0.3, -0.25) is 4.79 Å². The standard InChI is InChI=1S/C30H42O10/c1-2-36-23(32)13-12-18-14-20-21(17-8-4-3-5-9-17)16-37-28(20)29(38-19-10-6-7-11-19)27(18)40-30-26(35)25(34)24(33)22(15-31)39-30/h14,16-17,19,22,24-26,30-31,33-35H,2-13,15H2,1H3/t22-,24-,25+,26-,30-/m1/s1. The highest BCUT2D eigenvalue weighted by Crippen LogP contribution is 2.47. The lowest BCUT2D eigenvalue weighted by Crippen LogP contribution is -2.60. The zero-order valence-electron chi connectivity index (χ0n) is 23.1. The van der Waals surface area contributed by atoms with Crippen LogP contribution in [0.25, 0.3) is 11.0 Å². The van der Waals surface area contributed by atoms with Crippen LogP contribution in [0, 0.1) is 0 Å². The van der Waals surface area contributed by atoms with Crippen LogP contribution in [0.2, 0.25) is 0 Å². The summed E-state index contributed by atoms with van der Waals surface area (Å²) in [5, 5.41) is 42.0. The number of benzene rings is 1. The van der Waals surface area contributed by atoms with Crippen molar-refractivity contribution < 1.29 is 48.6 Å². The molecule has 10 heteroatoms. The molecule has 5 atom stereocenters. The molecule has 0 spiro atoms. The molecular weight excluding hydrogens is 520 g/mol. The van der Waals surface area contributed by atoms with Gasteiger partial charge in [0.25, 0.3) is 0 Å². The monoisotopic (exact) mass is 562 g/mol. The molecule has 3 fully saturated rings. The van der Waals surface area contributed by atoms with Gasteiger partial charge in [-0.05, 0) is 69.4 Å². The molecule has 2 heterocycles. The minimum absolute atomic E-state index is 0.0520. The number of ether oxygens (including phenoxy) is 4. The molecule has 4 N–H and O–H groups in total. The normalized spacial score (nSPS) is 28.2. The molecule has 5 rings (SSSR count). The topological polar surface area (TPSA) is 148 Å². The minimum Gasteiger partial charge on any atom is -0.483 e. The second kappa shape index (κ2) is 13.1. The summed E-state index contributed by atoms with van der Waals surface area (Å²) < 4.78 is 29.8. The summed E-state index contributed by atoms with van der Waals surface area (Å²) in [6.07, 6.45) is 4.45. The first-order valence-electron chi connectivity index (χ1n) is 14.8. The Morgan fingerprint density at radius 3 is 2.38 bits per heavy atom. The van der Waals surface area contributed by atoms with E-state index >= 15 is 0 Å². The van der Waals surface area contributed by atoms with Crippen molar-refractivity contribution in [2.75, 3.05) is 13.2 Å². The summed E-state index contributed by atoms with van der Waals surface area (Å²) >= 11 is 0. The first-order chi connectivity index (χ1) is 19.4. The van der Waals surface area contributed by atoms with Gasteiger partial charge >= 0.3 is 5.97 Å². The van der Waals surface area contributed by atoms with Crippen LogP contribution in [0.5, 0.6) is 11.5 Å². The first kappa shape index (κ1) is 29.1. The van der Waals surface area contributed by atoms with E-state index in [-0.39, 0.29) is 37.3 Å². The highest BCUT2D eigenvalue weighted by Gasteiger charge is 2.45. The van der Waals surface area contributed by atoms with Gasteiger partial charge in [0.15, 0.2) is 11.3 Å². The van der Waals surface area contributed by atoms with Crippen molar-refractivity contribution in [2.24, 2.45) is 0 Å². The number of aliphatic hydroxyl groups is 4. The second-order valence-electron chi connectivity index (χ2n) is 11.2. The van der Waals surface area contributed by atoms with E-state index in [4.69, 9.17) is 23.4 Å². The Morgan fingerprint density at radius 1 is 0.950 bits per heavy atom. The van der Waals surface area contributed by atoms with Gasteiger partial charge in [-0.25, -0.2) is 0 Å². The van der Waals surface area contributed by atoms with E-state index in [2.05, 4.69) is 0 Å². The van der Waals surface area contributed by atoms with Gasteiger partial charge in [-0.2, -0.15) is 0 Å². The Hall–Kier alpha value is -2.37. The molecular formula is C30H42O10. The Morgan fingerprint density at radius 2 is 1.68 bits per heavy atom. The van der Waals surface area contributed by atoms with Crippen LogP contribution in [0.1, 0.15) is 88.2 Å². The van der Waals surface area contributed by atoms with E-state index in [0.717, 1.165) is 62.3 Å². The Balaban J connectivity index is 1.59. The first-order valence-corrected chi connectivity index (χ1v) is 14.8. The SMILES string of the molecule is CCOC(=O)CCc1cc2c(C3CCCCC3)coc2c(OC2CCCC2)c1O[C@H]1O[C@H](CO)[C@@H](O)[C@H](O)[C@H]1O. The van der Waals surface area contributed by atoms with Crippen molar-refractivity contribution in [3.8, 4) is 11.5 Å². The smallest absolute Gasteiger partial charge is 0.306 e. The van der Waals surface area contributed by atoms with Crippen LogP contribution in [0.15, 0.2) is 16.7 Å². The molecule has 0 amide bonds. The fraction of sp³-hybridized carbons (Fsp3) is 0.700. The van der Waals surface area contributed by atoms with Gasteiger partial charge < -0.3 is 43.8 Å². The van der Waals surface area contributed by atoms with Crippen LogP contribution >= 0.6 is 0 Å². The number of esters is 1. The van der Waals surface area contributed by atoms with E-state index in [1.165, 1.54) is 6.42 Å². The number of aliphatic hydroxyl groups excluding tert-OH is 4. The van der Waals surface area contributed by atoms with Crippen molar-refractivity contribution in [1.29, 1.82) is 0 Å². The van der Waals surface area contributed by atoms with Gasteiger partial charge in [0, 0.05) is 17.4 Å². The van der Waals surface area contributed by atoms with E-state index in [9.17, 15) is 25.2 Å². The van der Waals surface area contributed by atoms with Crippen molar-refractivity contribution in [3.05, 3.63) is 23.5 Å². The molecule has 0 bridgehead atoms. The molecule has 2 aromatic rings. The zero-order chi connectivity index (χ0) is 28.2. The lowest BCUT2D eigenvalue weighted by atomic mass is 9.83. The number of hydrogen-bond donors (Lipinski definition) is 4. The molecule has 1 aromatic heterocycles. The molecule has 3 aliphatic rings. The maximum Gasteiger partial charge on any atom is 0.306 e. The minimum atomic E-state index is -1.60. The lowest BCUT2D eigenvalue weighted by Gasteiger charge is -2.40. The average Bonchev–Trinajstić information content (AvgIpc) is 3.64. The Bertz CT molecular complexity index is 1130. The fourth-order valence-electron chi connectivity index (χ4n) is 6.27. The molecule has 2 aliphatic carbocycles. The number of carbonyl (C=O) groups is 1. The molecule has 1 aliphatic heterocycles. The lowest BCUT2D eigenvalue weighted by molar-refractivity contribution is -0.277. The number of aryl methyl sites for hydroxylation is 1. The maximum absolute atomic E-state index is 12.4. The number of carbonyl (C=O) groups excluding carboxylic acids is 1. The molecule has 1 aromatic carbocycles. The molecule has 2 saturated carbocycles. The number of furan rings is 1. The number of hydrogen-bond acceptors (Lipinski definition) is 10. The van der Waals surface area contributed by atoms with Crippen molar-refractivity contribution >= 4 is 16.9 Å². The molecule has 0 radical (unpaired) electrons. The highest BCUT2D eigenvalue weighted by molar-refractivity contribution is 5.90. The van der Waals surface area contributed by atoms with Gasteiger partial charge in [0.05, 0.1) is 25.6 Å². The molecule has 10 nitrogen and oxygen atoms in total. The summed E-state index contributed by atoms with van der Waals surface area (Å²) in [4.78, 5) is 12.4. The largest absolute Gasteiger partial charge is 0.483 e. The number of fused-ring (bicyclic) bond motifs is 1. The van der Waals surface area contributed by atoms with Crippen molar-refractivity contribution in [2.45, 2.75) is 120 Å². The molecule has 40 heavy (non-hydrogen) atoms. The second-order valence-corrected chi connectivity index (χ2v) is 11.2. The summed E-state index contributed by atoms with van der Waals surface area (Å²) in [6, 6.07) is 1.96. The van der Waals surface area contributed by atoms with Crippen LogP contribution in [-0.4, -0.2) is 76.4 Å². The van der Waals surface area contributed by atoms with Gasteiger partial charge in [0.1, 0.15) is 24.4 Å². The quantitative estimate of drug-likeness (QED) is 0.317. The molecule has 1 saturated heterocycles. The van der Waals surface area contributed by atoms with E-state index in [1.807, 2.05) is 6.07 Å². The van der Waals surface area contributed by atoms with Crippen molar-refractivity contribution in [3.63, 3.8) is 0 Å². The summed E-state index contributed by atoms with van der Waals surface area (Å²) in [5.41, 5.74) is 2.30. The van der Waals surface area contributed by atoms with Crippen molar-refractivity contribution in [1.82, 2.24) is 0 Å². The van der Waals surface area contributed by atoms with E-state index in [1.54, 1.807) is 13.2 Å².